The molecule has 2 aromatic rings. The molecule has 0 amide bonds. The molecule has 0 aliphatic carbocycles. The highest BCUT2D eigenvalue weighted by Gasteiger charge is 2.39. The van der Waals surface area contributed by atoms with Crippen LogP contribution in [-0.4, -0.2) is 37.8 Å². The summed E-state index contributed by atoms with van der Waals surface area (Å²) in [5.41, 5.74) is 0.650. The molecule has 1 fully saturated rings. The first-order valence-corrected chi connectivity index (χ1v) is 9.06. The van der Waals surface area contributed by atoms with Crippen LogP contribution in [0.4, 0.5) is 14.6 Å². The topological polar surface area (TPSA) is 46.1 Å². The van der Waals surface area contributed by atoms with Crippen LogP contribution >= 0.6 is 0 Å². The van der Waals surface area contributed by atoms with Crippen LogP contribution in [-0.2, 0) is 10.8 Å². The first-order valence-electron chi connectivity index (χ1n) is 7.74. The first kappa shape index (κ1) is 16.2. The third kappa shape index (κ3) is 2.82. The summed E-state index contributed by atoms with van der Waals surface area (Å²) in [6, 6.07) is 2.12. The molecule has 23 heavy (non-hydrogen) atoms. The van der Waals surface area contributed by atoms with Crippen molar-refractivity contribution in [2.24, 2.45) is 0 Å². The van der Waals surface area contributed by atoms with Crippen molar-refractivity contribution in [2.45, 2.75) is 31.4 Å². The Balaban J connectivity index is 1.97. The minimum absolute atomic E-state index is 0.247. The summed E-state index contributed by atoms with van der Waals surface area (Å²) in [7, 11) is -0.864. The molecule has 124 valence electrons. The third-order valence-electron chi connectivity index (χ3n) is 4.69. The minimum Gasteiger partial charge on any atom is -0.353 e. The maximum absolute atomic E-state index is 13.4. The van der Waals surface area contributed by atoms with E-state index >= 15 is 0 Å². The molecule has 1 saturated heterocycles. The summed E-state index contributed by atoms with van der Waals surface area (Å²) in [6.07, 6.45) is 3.23. The van der Waals surface area contributed by atoms with E-state index in [-0.39, 0.29) is 4.75 Å². The highest BCUT2D eigenvalue weighted by Crippen LogP contribution is 2.31. The molecule has 3 rings (SSSR count). The Labute approximate surface area is 136 Å². The van der Waals surface area contributed by atoms with Gasteiger partial charge in [0.05, 0.1) is 22.0 Å². The molecular formula is C16H19F2N3OS. The van der Waals surface area contributed by atoms with Crippen molar-refractivity contribution in [1.29, 1.82) is 0 Å². The van der Waals surface area contributed by atoms with Gasteiger partial charge in [0, 0.05) is 41.8 Å². The van der Waals surface area contributed by atoms with Crippen LogP contribution in [0.1, 0.15) is 26.7 Å². The number of aromatic nitrogens is 2. The maximum atomic E-state index is 13.4. The van der Waals surface area contributed by atoms with Crippen molar-refractivity contribution in [2.75, 3.05) is 23.7 Å². The minimum atomic E-state index is -0.930. The van der Waals surface area contributed by atoms with Gasteiger partial charge < -0.3 is 4.90 Å². The molecule has 0 spiro atoms. The van der Waals surface area contributed by atoms with Crippen molar-refractivity contribution < 1.29 is 13.0 Å². The second-order valence-corrected chi connectivity index (χ2v) is 7.81. The molecule has 4 nitrogen and oxygen atoms in total. The van der Waals surface area contributed by atoms with Gasteiger partial charge in [-0.3, -0.25) is 9.19 Å². The molecule has 1 atom stereocenters. The van der Waals surface area contributed by atoms with Gasteiger partial charge in [0.2, 0.25) is 0 Å². The van der Waals surface area contributed by atoms with E-state index in [1.807, 2.05) is 4.90 Å². The molecule has 0 radical (unpaired) electrons. The fraction of sp³-hybridized carbons (Fsp3) is 0.500. The number of halogens is 2. The number of benzene rings is 1. The fourth-order valence-corrected chi connectivity index (χ4v) is 4.81. The normalized spacial score (nSPS) is 20.9. The zero-order chi connectivity index (χ0) is 16.6. The van der Waals surface area contributed by atoms with Crippen molar-refractivity contribution in [3.8, 4) is 0 Å². The van der Waals surface area contributed by atoms with E-state index in [0.717, 1.165) is 25.0 Å². The Morgan fingerprint density at radius 1 is 1.22 bits per heavy atom. The van der Waals surface area contributed by atoms with Crippen molar-refractivity contribution in [1.82, 2.24) is 9.97 Å². The summed E-state index contributed by atoms with van der Waals surface area (Å²) in [5, 5.41) is 0. The molecule has 2 heterocycles. The van der Waals surface area contributed by atoms with Crippen molar-refractivity contribution >= 4 is 27.7 Å². The van der Waals surface area contributed by atoms with Gasteiger partial charge in [-0.15, -0.1) is 0 Å². The number of fused-ring (bicyclic) bond motifs is 1. The number of hydrogen-bond donors (Lipinski definition) is 0. The summed E-state index contributed by atoms with van der Waals surface area (Å²) in [5.74, 6) is -0.658. The molecule has 1 unspecified atom stereocenters. The van der Waals surface area contributed by atoms with E-state index in [4.69, 9.17) is 0 Å². The second-order valence-electron chi connectivity index (χ2n) is 5.84. The van der Waals surface area contributed by atoms with Crippen LogP contribution in [0.5, 0.6) is 0 Å². The molecule has 1 aromatic heterocycles. The summed E-state index contributed by atoms with van der Waals surface area (Å²) >= 11 is 0. The molecule has 1 aliphatic heterocycles. The lowest BCUT2D eigenvalue weighted by atomic mass is 10.0. The van der Waals surface area contributed by atoms with E-state index in [0.29, 0.717) is 35.7 Å². The predicted octanol–water partition coefficient (Wildman–Crippen LogP) is 3.04. The standard InChI is InChI=1S/C16H19F2N3OS/c1-3-16(4-2)10-21(5-6-23(16)22)15-9-19-13-7-11(17)12(18)8-14(13)20-15/h7-9H,3-6,10H2,1-2H3. The van der Waals surface area contributed by atoms with Gasteiger partial charge in [0.15, 0.2) is 11.6 Å². The highest BCUT2D eigenvalue weighted by molar-refractivity contribution is 7.86. The van der Waals surface area contributed by atoms with Gasteiger partial charge in [-0.25, -0.2) is 13.8 Å². The summed E-state index contributed by atoms with van der Waals surface area (Å²) in [4.78, 5) is 10.7. The van der Waals surface area contributed by atoms with E-state index in [1.165, 1.54) is 0 Å². The Hall–Kier alpha value is -1.63. The molecule has 0 N–H and O–H groups in total. The fourth-order valence-electron chi connectivity index (χ4n) is 3.05. The SMILES string of the molecule is CCC1(CC)CN(c2cnc3cc(F)c(F)cc3n2)CCS1=O. The number of hydrogen-bond acceptors (Lipinski definition) is 4. The lowest BCUT2D eigenvalue weighted by Gasteiger charge is -2.41. The van der Waals surface area contributed by atoms with Crippen molar-refractivity contribution in [3.05, 3.63) is 30.0 Å². The van der Waals surface area contributed by atoms with Gasteiger partial charge >= 0.3 is 0 Å². The molecule has 0 bridgehead atoms. The Kier molecular flexibility index (Phi) is 4.31. The largest absolute Gasteiger partial charge is 0.353 e. The van der Waals surface area contributed by atoms with Gasteiger partial charge in [0.25, 0.3) is 0 Å². The molecular weight excluding hydrogens is 320 g/mol. The number of anilines is 1. The van der Waals surface area contributed by atoms with Gasteiger partial charge in [-0.2, -0.15) is 0 Å². The van der Waals surface area contributed by atoms with Gasteiger partial charge in [-0.05, 0) is 12.8 Å². The smallest absolute Gasteiger partial charge is 0.161 e. The van der Waals surface area contributed by atoms with Crippen LogP contribution in [0.3, 0.4) is 0 Å². The van der Waals surface area contributed by atoms with Crippen molar-refractivity contribution in [3.63, 3.8) is 0 Å². The third-order valence-corrected chi connectivity index (χ3v) is 6.92. The number of rotatable bonds is 3. The zero-order valence-corrected chi connectivity index (χ0v) is 14.0. The Morgan fingerprint density at radius 3 is 2.52 bits per heavy atom. The average molecular weight is 339 g/mol. The van der Waals surface area contributed by atoms with E-state index in [2.05, 4.69) is 23.8 Å². The van der Waals surface area contributed by atoms with Crippen LogP contribution in [0, 0.1) is 11.6 Å². The molecule has 1 aromatic carbocycles. The quantitative estimate of drug-likeness (QED) is 0.862. The summed E-state index contributed by atoms with van der Waals surface area (Å²) in [6.45, 7) is 5.36. The zero-order valence-electron chi connectivity index (χ0n) is 13.2. The van der Waals surface area contributed by atoms with Crippen LogP contribution < -0.4 is 4.90 Å². The Morgan fingerprint density at radius 2 is 1.87 bits per heavy atom. The molecule has 1 aliphatic rings. The molecule has 7 heteroatoms. The maximum Gasteiger partial charge on any atom is 0.161 e. The van der Waals surface area contributed by atoms with Crippen LogP contribution in [0.25, 0.3) is 11.0 Å². The van der Waals surface area contributed by atoms with Gasteiger partial charge in [0.1, 0.15) is 5.82 Å². The lowest BCUT2D eigenvalue weighted by molar-refractivity contribution is 0.494. The predicted molar refractivity (Wildman–Crippen MR) is 88.0 cm³/mol. The monoisotopic (exact) mass is 339 g/mol. The second kappa shape index (κ2) is 6.11. The van der Waals surface area contributed by atoms with Crippen LogP contribution in [0.2, 0.25) is 0 Å². The highest BCUT2D eigenvalue weighted by atomic mass is 32.2. The lowest BCUT2D eigenvalue weighted by Crippen LogP contribution is -2.53. The number of nitrogens with zero attached hydrogens (tertiary/aromatic N) is 3. The van der Waals surface area contributed by atoms with E-state index < -0.39 is 22.4 Å². The average Bonchev–Trinajstić information content (AvgIpc) is 2.56. The molecule has 0 saturated carbocycles. The van der Waals surface area contributed by atoms with E-state index in [9.17, 15) is 13.0 Å². The summed E-state index contributed by atoms with van der Waals surface area (Å²) < 4.78 is 38.8. The van der Waals surface area contributed by atoms with E-state index in [1.54, 1.807) is 6.20 Å². The first-order chi connectivity index (χ1) is 11.0. The van der Waals surface area contributed by atoms with Gasteiger partial charge in [-0.1, -0.05) is 13.8 Å². The Bertz CT molecular complexity index is 764. The van der Waals surface area contributed by atoms with Crippen LogP contribution in [0.15, 0.2) is 18.3 Å².